The lowest BCUT2D eigenvalue weighted by Crippen LogP contribution is -2.29. The van der Waals surface area contributed by atoms with Crippen molar-refractivity contribution >= 4 is 16.9 Å². The standard InChI is InChI=1S/C22H15N3O3/c26-20-16-7-1-2-8-17(16)28-21-18(20)19(15-6-4-10-24-12-15)25(22(21)27)13-14-5-3-9-23-11-14/h1-12,19H,13H2/t19-/m1/s1. The van der Waals surface area contributed by atoms with Crippen LogP contribution in [-0.4, -0.2) is 20.8 Å². The maximum Gasteiger partial charge on any atom is 0.291 e. The maximum atomic E-state index is 13.3. The molecule has 0 fully saturated rings. The van der Waals surface area contributed by atoms with E-state index in [1.165, 1.54) is 0 Å². The summed E-state index contributed by atoms with van der Waals surface area (Å²) < 4.78 is 5.89. The fraction of sp³-hybridized carbons (Fsp3) is 0.0909. The number of fused-ring (bicyclic) bond motifs is 2. The van der Waals surface area contributed by atoms with Crippen LogP contribution in [0.1, 0.15) is 33.3 Å². The van der Waals surface area contributed by atoms with E-state index in [0.29, 0.717) is 23.1 Å². The topological polar surface area (TPSA) is 76.3 Å². The van der Waals surface area contributed by atoms with Crippen molar-refractivity contribution in [3.63, 3.8) is 0 Å². The van der Waals surface area contributed by atoms with Gasteiger partial charge in [-0.25, -0.2) is 0 Å². The monoisotopic (exact) mass is 369 g/mol. The summed E-state index contributed by atoms with van der Waals surface area (Å²) in [6.07, 6.45) is 6.73. The number of nitrogens with zero attached hydrogens (tertiary/aromatic N) is 3. The molecule has 0 saturated carbocycles. The molecule has 0 saturated heterocycles. The fourth-order valence-corrected chi connectivity index (χ4v) is 3.70. The Bertz CT molecular complexity index is 1240. The minimum atomic E-state index is -0.558. The largest absolute Gasteiger partial charge is 0.450 e. The Labute approximate surface area is 160 Å². The Kier molecular flexibility index (Phi) is 3.76. The van der Waals surface area contributed by atoms with Crippen molar-refractivity contribution < 1.29 is 9.21 Å². The van der Waals surface area contributed by atoms with Crippen molar-refractivity contribution in [3.8, 4) is 0 Å². The molecule has 28 heavy (non-hydrogen) atoms. The number of carbonyl (C=O) groups is 1. The second-order valence-corrected chi connectivity index (χ2v) is 6.65. The quantitative estimate of drug-likeness (QED) is 0.554. The van der Waals surface area contributed by atoms with Gasteiger partial charge in [-0.05, 0) is 35.4 Å². The first-order chi connectivity index (χ1) is 13.7. The van der Waals surface area contributed by atoms with E-state index in [-0.39, 0.29) is 17.1 Å². The molecule has 0 unspecified atom stereocenters. The molecule has 1 amide bonds. The van der Waals surface area contributed by atoms with E-state index in [9.17, 15) is 9.59 Å². The second kappa shape index (κ2) is 6.42. The number of pyridine rings is 2. The van der Waals surface area contributed by atoms with Gasteiger partial charge in [0, 0.05) is 31.3 Å². The van der Waals surface area contributed by atoms with Gasteiger partial charge in [0.15, 0.2) is 5.43 Å². The van der Waals surface area contributed by atoms with Gasteiger partial charge in [-0.1, -0.05) is 24.3 Å². The van der Waals surface area contributed by atoms with E-state index < -0.39 is 6.04 Å². The van der Waals surface area contributed by atoms with E-state index in [4.69, 9.17) is 4.42 Å². The van der Waals surface area contributed by atoms with Crippen LogP contribution < -0.4 is 5.43 Å². The van der Waals surface area contributed by atoms with Crippen LogP contribution >= 0.6 is 0 Å². The van der Waals surface area contributed by atoms with Crippen molar-refractivity contribution in [1.82, 2.24) is 14.9 Å². The molecule has 4 aromatic rings. The van der Waals surface area contributed by atoms with E-state index in [1.54, 1.807) is 60.0 Å². The van der Waals surface area contributed by atoms with Crippen molar-refractivity contribution in [2.24, 2.45) is 0 Å². The smallest absolute Gasteiger partial charge is 0.291 e. The molecule has 0 N–H and O–H groups in total. The Balaban J connectivity index is 1.74. The van der Waals surface area contributed by atoms with E-state index >= 15 is 0 Å². The third kappa shape index (κ3) is 2.50. The van der Waals surface area contributed by atoms with Gasteiger partial charge < -0.3 is 9.32 Å². The highest BCUT2D eigenvalue weighted by atomic mass is 16.3. The lowest BCUT2D eigenvalue weighted by atomic mass is 10.00. The minimum absolute atomic E-state index is 0.0986. The van der Waals surface area contributed by atoms with Gasteiger partial charge in [0.05, 0.1) is 17.0 Å². The first kappa shape index (κ1) is 16.4. The van der Waals surface area contributed by atoms with Crippen molar-refractivity contribution in [1.29, 1.82) is 0 Å². The Morgan fingerprint density at radius 3 is 2.46 bits per heavy atom. The SMILES string of the molecule is O=C1c2oc3ccccc3c(=O)c2[C@@H](c2cccnc2)N1Cc1cccnc1. The summed E-state index contributed by atoms with van der Waals surface area (Å²) in [6, 6.07) is 13.8. The zero-order valence-electron chi connectivity index (χ0n) is 14.8. The Morgan fingerprint density at radius 2 is 1.71 bits per heavy atom. The summed E-state index contributed by atoms with van der Waals surface area (Å²) in [5.41, 5.74) is 2.22. The zero-order chi connectivity index (χ0) is 19.1. The average Bonchev–Trinajstić information content (AvgIpc) is 3.02. The molecule has 1 aliphatic heterocycles. The molecule has 0 aliphatic carbocycles. The highest BCUT2D eigenvalue weighted by molar-refractivity contribution is 5.99. The van der Waals surface area contributed by atoms with Gasteiger partial charge in [-0.2, -0.15) is 0 Å². The highest BCUT2D eigenvalue weighted by Gasteiger charge is 2.42. The molecule has 1 atom stereocenters. The van der Waals surface area contributed by atoms with Crippen molar-refractivity contribution in [3.05, 3.63) is 106 Å². The summed E-state index contributed by atoms with van der Waals surface area (Å²) in [7, 11) is 0. The molecule has 6 heteroatoms. The first-order valence-corrected chi connectivity index (χ1v) is 8.89. The normalized spacial score (nSPS) is 15.8. The lowest BCUT2D eigenvalue weighted by molar-refractivity contribution is 0.0714. The van der Waals surface area contributed by atoms with Gasteiger partial charge in [-0.15, -0.1) is 0 Å². The number of hydrogen-bond donors (Lipinski definition) is 0. The van der Waals surface area contributed by atoms with Crippen LogP contribution in [0.5, 0.6) is 0 Å². The molecule has 3 aromatic heterocycles. The summed E-state index contributed by atoms with van der Waals surface area (Å²) in [4.78, 5) is 36.5. The van der Waals surface area contributed by atoms with Gasteiger partial charge >= 0.3 is 0 Å². The predicted molar refractivity (Wildman–Crippen MR) is 103 cm³/mol. The molecule has 6 nitrogen and oxygen atoms in total. The first-order valence-electron chi connectivity index (χ1n) is 8.89. The van der Waals surface area contributed by atoms with E-state index in [0.717, 1.165) is 11.1 Å². The molecule has 0 spiro atoms. The number of aromatic nitrogens is 2. The maximum absolute atomic E-state index is 13.3. The van der Waals surface area contributed by atoms with Crippen LogP contribution in [0.25, 0.3) is 11.0 Å². The fourth-order valence-electron chi connectivity index (χ4n) is 3.70. The molecule has 0 radical (unpaired) electrons. The van der Waals surface area contributed by atoms with Crippen LogP contribution in [0.3, 0.4) is 0 Å². The van der Waals surface area contributed by atoms with Crippen LogP contribution in [0.2, 0.25) is 0 Å². The Morgan fingerprint density at radius 1 is 0.929 bits per heavy atom. The number of rotatable bonds is 3. The second-order valence-electron chi connectivity index (χ2n) is 6.65. The summed E-state index contributed by atoms with van der Waals surface area (Å²) in [6.45, 7) is 0.312. The zero-order valence-corrected chi connectivity index (χ0v) is 14.8. The van der Waals surface area contributed by atoms with Crippen LogP contribution in [0.15, 0.2) is 82.5 Å². The third-order valence-corrected chi connectivity index (χ3v) is 4.95. The van der Waals surface area contributed by atoms with Gasteiger partial charge in [0.25, 0.3) is 5.91 Å². The van der Waals surface area contributed by atoms with Crippen LogP contribution in [0, 0.1) is 0 Å². The molecule has 4 heterocycles. The molecule has 1 aromatic carbocycles. The average molecular weight is 369 g/mol. The number of carbonyl (C=O) groups excluding carboxylic acids is 1. The number of benzene rings is 1. The third-order valence-electron chi connectivity index (χ3n) is 4.95. The number of para-hydroxylation sites is 1. The van der Waals surface area contributed by atoms with Crippen molar-refractivity contribution in [2.45, 2.75) is 12.6 Å². The number of amides is 1. The molecule has 1 aliphatic rings. The molecular weight excluding hydrogens is 354 g/mol. The molecule has 0 bridgehead atoms. The highest BCUT2D eigenvalue weighted by Crippen LogP contribution is 2.38. The van der Waals surface area contributed by atoms with Gasteiger partial charge in [0.1, 0.15) is 5.58 Å². The predicted octanol–water partition coefficient (Wildman–Crippen LogP) is 3.33. The molecule has 136 valence electrons. The van der Waals surface area contributed by atoms with Crippen LogP contribution in [0.4, 0.5) is 0 Å². The van der Waals surface area contributed by atoms with E-state index in [1.807, 2.05) is 18.2 Å². The van der Waals surface area contributed by atoms with Gasteiger partial charge in [-0.3, -0.25) is 19.6 Å². The summed E-state index contributed by atoms with van der Waals surface area (Å²) in [5, 5.41) is 0.464. The molecule has 5 rings (SSSR count). The minimum Gasteiger partial charge on any atom is -0.450 e. The van der Waals surface area contributed by atoms with E-state index in [2.05, 4.69) is 9.97 Å². The molecular formula is C22H15N3O3. The summed E-state index contributed by atoms with van der Waals surface area (Å²) >= 11 is 0. The summed E-state index contributed by atoms with van der Waals surface area (Å²) in [5.74, 6) is -0.211. The van der Waals surface area contributed by atoms with Crippen molar-refractivity contribution in [2.75, 3.05) is 0 Å². The lowest BCUT2D eigenvalue weighted by Gasteiger charge is -2.24. The van der Waals surface area contributed by atoms with Crippen LogP contribution in [-0.2, 0) is 6.54 Å². The number of hydrogen-bond acceptors (Lipinski definition) is 5. The Hall–Kier alpha value is -3.80. The van der Waals surface area contributed by atoms with Gasteiger partial charge in [0.2, 0.25) is 5.76 Å².